The molecule has 1 rings (SSSR count). The summed E-state index contributed by atoms with van der Waals surface area (Å²) < 4.78 is 0. The van der Waals surface area contributed by atoms with E-state index in [1.54, 1.807) is 0 Å². The minimum atomic E-state index is 0.218. The molecule has 3 heteroatoms. The first-order valence-electron chi connectivity index (χ1n) is 4.92. The van der Waals surface area contributed by atoms with Gasteiger partial charge in [0.25, 0.3) is 0 Å². The van der Waals surface area contributed by atoms with E-state index in [-0.39, 0.29) is 12.6 Å². The average Bonchev–Trinajstić information content (AvgIpc) is 2.16. The van der Waals surface area contributed by atoms with E-state index in [1.807, 2.05) is 6.20 Å². The van der Waals surface area contributed by atoms with Crippen LogP contribution in [0.1, 0.15) is 13.8 Å². The fourth-order valence-corrected chi connectivity index (χ4v) is 1.77. The molecule has 0 bridgehead atoms. The maximum absolute atomic E-state index is 9.18. The van der Waals surface area contributed by atoms with Gasteiger partial charge in [0.05, 0.1) is 12.6 Å². The van der Waals surface area contributed by atoms with Gasteiger partial charge in [-0.3, -0.25) is 4.90 Å². The van der Waals surface area contributed by atoms with Crippen LogP contribution in [0.4, 0.5) is 0 Å². The molecule has 0 radical (unpaired) electrons. The Kier molecular flexibility index (Phi) is 3.75. The lowest BCUT2D eigenvalue weighted by Crippen LogP contribution is -2.54. The van der Waals surface area contributed by atoms with Crippen LogP contribution in [0.5, 0.6) is 0 Å². The van der Waals surface area contributed by atoms with Crippen molar-refractivity contribution in [3.8, 4) is 0 Å². The second kappa shape index (κ2) is 4.63. The third-order valence-electron chi connectivity index (χ3n) is 2.74. The lowest BCUT2D eigenvalue weighted by Gasteiger charge is -2.41. The molecule has 0 aliphatic carbocycles. The molecule has 1 aliphatic heterocycles. The monoisotopic (exact) mass is 184 g/mol. The van der Waals surface area contributed by atoms with Gasteiger partial charge in [0.2, 0.25) is 0 Å². The summed E-state index contributed by atoms with van der Waals surface area (Å²) in [5, 5.41) is 9.18. The number of rotatable bonds is 3. The van der Waals surface area contributed by atoms with Gasteiger partial charge in [-0.05, 0) is 20.0 Å². The topological polar surface area (TPSA) is 26.7 Å². The van der Waals surface area contributed by atoms with Crippen molar-refractivity contribution in [2.75, 3.05) is 26.2 Å². The molecule has 0 aromatic heterocycles. The summed E-state index contributed by atoms with van der Waals surface area (Å²) in [7, 11) is 0. The van der Waals surface area contributed by atoms with Crippen molar-refractivity contribution in [3.63, 3.8) is 0 Å². The van der Waals surface area contributed by atoms with Gasteiger partial charge in [-0.25, -0.2) is 0 Å². The molecule has 13 heavy (non-hydrogen) atoms. The number of nitrogens with zero attached hydrogens (tertiary/aromatic N) is 2. The zero-order valence-corrected chi connectivity index (χ0v) is 8.61. The normalized spacial score (nSPS) is 25.2. The minimum Gasteiger partial charge on any atom is -0.394 e. The SMILES string of the molecule is C=CN1CCN(C(C)C)CC1CO. The summed E-state index contributed by atoms with van der Waals surface area (Å²) in [6, 6.07) is 0.801. The highest BCUT2D eigenvalue weighted by Crippen LogP contribution is 2.11. The molecular weight excluding hydrogens is 164 g/mol. The Balaban J connectivity index is 2.52. The summed E-state index contributed by atoms with van der Waals surface area (Å²) in [5.74, 6) is 0. The lowest BCUT2D eigenvalue weighted by molar-refractivity contribution is 0.0553. The molecule has 1 fully saturated rings. The summed E-state index contributed by atoms with van der Waals surface area (Å²) >= 11 is 0. The molecule has 0 amide bonds. The van der Waals surface area contributed by atoms with E-state index in [1.165, 1.54) is 0 Å². The fourth-order valence-electron chi connectivity index (χ4n) is 1.77. The number of aliphatic hydroxyl groups is 1. The average molecular weight is 184 g/mol. The van der Waals surface area contributed by atoms with Gasteiger partial charge in [-0.2, -0.15) is 0 Å². The Morgan fingerprint density at radius 3 is 2.69 bits per heavy atom. The molecule has 1 saturated heterocycles. The molecule has 1 N–H and O–H groups in total. The van der Waals surface area contributed by atoms with E-state index in [0.717, 1.165) is 19.6 Å². The van der Waals surface area contributed by atoms with Crippen LogP contribution < -0.4 is 0 Å². The predicted molar refractivity (Wildman–Crippen MR) is 54.5 cm³/mol. The van der Waals surface area contributed by atoms with Gasteiger partial charge in [-0.1, -0.05) is 6.58 Å². The van der Waals surface area contributed by atoms with Crippen LogP contribution in [-0.4, -0.2) is 53.2 Å². The first kappa shape index (κ1) is 10.5. The van der Waals surface area contributed by atoms with Crippen LogP contribution in [-0.2, 0) is 0 Å². The smallest absolute Gasteiger partial charge is 0.0647 e. The van der Waals surface area contributed by atoms with Gasteiger partial charge in [0.1, 0.15) is 0 Å². The molecular formula is C10H20N2O. The predicted octanol–water partition coefficient (Wildman–Crippen LogP) is 0.517. The Bertz CT molecular complexity index is 170. The number of piperazine rings is 1. The highest BCUT2D eigenvalue weighted by molar-refractivity contribution is 4.87. The minimum absolute atomic E-state index is 0.218. The highest BCUT2D eigenvalue weighted by atomic mass is 16.3. The Morgan fingerprint density at radius 2 is 2.23 bits per heavy atom. The van der Waals surface area contributed by atoms with E-state index < -0.39 is 0 Å². The standard InChI is InChI=1S/C10H20N2O/c1-4-11-5-6-12(9(2)3)7-10(11)8-13/h4,9-10,13H,1,5-8H2,2-3H3. The van der Waals surface area contributed by atoms with Crippen molar-refractivity contribution < 1.29 is 5.11 Å². The Morgan fingerprint density at radius 1 is 1.54 bits per heavy atom. The Hall–Kier alpha value is -0.540. The molecule has 0 spiro atoms. The summed E-state index contributed by atoms with van der Waals surface area (Å²) in [6.45, 7) is 11.3. The van der Waals surface area contributed by atoms with Crippen LogP contribution in [0, 0.1) is 0 Å². The fraction of sp³-hybridized carbons (Fsp3) is 0.800. The molecule has 1 aliphatic rings. The van der Waals surface area contributed by atoms with Gasteiger partial charge >= 0.3 is 0 Å². The van der Waals surface area contributed by atoms with Crippen LogP contribution in [0.2, 0.25) is 0 Å². The summed E-state index contributed by atoms with van der Waals surface area (Å²) in [6.07, 6.45) is 1.83. The van der Waals surface area contributed by atoms with Gasteiger partial charge in [-0.15, -0.1) is 0 Å². The van der Waals surface area contributed by atoms with Gasteiger partial charge in [0, 0.05) is 25.7 Å². The highest BCUT2D eigenvalue weighted by Gasteiger charge is 2.24. The molecule has 1 unspecified atom stereocenters. The first-order chi connectivity index (χ1) is 6.19. The molecule has 0 aromatic rings. The van der Waals surface area contributed by atoms with Crippen LogP contribution in [0.25, 0.3) is 0 Å². The molecule has 1 atom stereocenters. The molecule has 76 valence electrons. The quantitative estimate of drug-likeness (QED) is 0.692. The number of hydrogen-bond donors (Lipinski definition) is 1. The van der Waals surface area contributed by atoms with Crippen molar-refractivity contribution in [2.45, 2.75) is 25.9 Å². The molecule has 1 heterocycles. The van der Waals surface area contributed by atoms with Crippen molar-refractivity contribution in [1.29, 1.82) is 0 Å². The lowest BCUT2D eigenvalue weighted by atomic mass is 10.1. The second-order valence-electron chi connectivity index (χ2n) is 3.85. The third kappa shape index (κ3) is 2.45. The first-order valence-corrected chi connectivity index (χ1v) is 4.92. The van der Waals surface area contributed by atoms with E-state index in [2.05, 4.69) is 30.2 Å². The van der Waals surface area contributed by atoms with Gasteiger partial charge in [0.15, 0.2) is 0 Å². The van der Waals surface area contributed by atoms with Crippen LogP contribution in [0.3, 0.4) is 0 Å². The van der Waals surface area contributed by atoms with Crippen molar-refractivity contribution in [1.82, 2.24) is 9.80 Å². The molecule has 0 aromatic carbocycles. The maximum Gasteiger partial charge on any atom is 0.0647 e. The summed E-state index contributed by atoms with van der Waals surface area (Å²) in [5.41, 5.74) is 0. The zero-order chi connectivity index (χ0) is 9.84. The van der Waals surface area contributed by atoms with E-state index in [9.17, 15) is 5.11 Å². The van der Waals surface area contributed by atoms with Crippen molar-refractivity contribution in [3.05, 3.63) is 12.8 Å². The third-order valence-corrected chi connectivity index (χ3v) is 2.74. The van der Waals surface area contributed by atoms with E-state index in [4.69, 9.17) is 0 Å². The zero-order valence-electron chi connectivity index (χ0n) is 8.61. The number of aliphatic hydroxyl groups excluding tert-OH is 1. The van der Waals surface area contributed by atoms with Crippen molar-refractivity contribution >= 4 is 0 Å². The molecule has 3 nitrogen and oxygen atoms in total. The largest absolute Gasteiger partial charge is 0.394 e. The van der Waals surface area contributed by atoms with E-state index >= 15 is 0 Å². The second-order valence-corrected chi connectivity index (χ2v) is 3.85. The molecule has 0 saturated carbocycles. The van der Waals surface area contributed by atoms with E-state index in [0.29, 0.717) is 6.04 Å². The van der Waals surface area contributed by atoms with Crippen molar-refractivity contribution in [2.24, 2.45) is 0 Å². The Labute approximate surface area is 80.6 Å². The summed E-state index contributed by atoms with van der Waals surface area (Å²) in [4.78, 5) is 4.51. The van der Waals surface area contributed by atoms with Gasteiger partial charge < -0.3 is 10.0 Å². The maximum atomic E-state index is 9.18. The van der Waals surface area contributed by atoms with Crippen LogP contribution >= 0.6 is 0 Å². The van der Waals surface area contributed by atoms with Crippen LogP contribution in [0.15, 0.2) is 12.8 Å². The number of hydrogen-bond acceptors (Lipinski definition) is 3.